The van der Waals surface area contributed by atoms with Crippen molar-refractivity contribution >= 4 is 30.8 Å². The molecule has 1 aliphatic heterocycles. The fraction of sp³-hybridized carbons (Fsp3) is 0.520. The number of esters is 1. The lowest BCUT2D eigenvalue weighted by Crippen LogP contribution is -2.44. The van der Waals surface area contributed by atoms with Gasteiger partial charge in [0, 0.05) is 38.9 Å². The van der Waals surface area contributed by atoms with E-state index in [0.717, 1.165) is 35.6 Å². The Morgan fingerprint density at radius 2 is 2.06 bits per heavy atom. The van der Waals surface area contributed by atoms with Crippen LogP contribution in [0, 0.1) is 0 Å². The SMILES string of the molecule is COC(=O)c1cc(N2CCOC[C@H]2C)nc2c(-c3ccnn3CCCC[Si](C)(C)C)nccc12. The van der Waals surface area contributed by atoms with Crippen LogP contribution >= 0.6 is 0 Å². The van der Waals surface area contributed by atoms with Crippen LogP contribution in [0.4, 0.5) is 5.82 Å². The molecule has 0 spiro atoms. The maximum atomic E-state index is 12.7. The van der Waals surface area contributed by atoms with Gasteiger partial charge in [0.2, 0.25) is 0 Å². The summed E-state index contributed by atoms with van der Waals surface area (Å²) in [5.74, 6) is 0.353. The predicted octanol–water partition coefficient (Wildman–Crippen LogP) is 4.62. The van der Waals surface area contributed by atoms with Gasteiger partial charge < -0.3 is 14.4 Å². The van der Waals surface area contributed by atoms with Crippen molar-refractivity contribution in [3.05, 3.63) is 36.2 Å². The quantitative estimate of drug-likeness (QED) is 0.264. The number of morpholine rings is 1. The lowest BCUT2D eigenvalue weighted by atomic mass is 10.1. The Morgan fingerprint density at radius 1 is 1.24 bits per heavy atom. The first-order valence-electron chi connectivity index (χ1n) is 12.0. The van der Waals surface area contributed by atoms with E-state index >= 15 is 0 Å². The molecule has 3 aromatic rings. The Morgan fingerprint density at radius 3 is 2.79 bits per heavy atom. The molecule has 9 heteroatoms. The number of methoxy groups -OCH3 is 1. The fourth-order valence-electron chi connectivity index (χ4n) is 4.45. The highest BCUT2D eigenvalue weighted by atomic mass is 28.3. The molecule has 0 bridgehead atoms. The molecule has 0 unspecified atom stereocenters. The second kappa shape index (κ2) is 10.2. The van der Waals surface area contributed by atoms with Gasteiger partial charge in [0.1, 0.15) is 17.0 Å². The zero-order valence-electron chi connectivity index (χ0n) is 20.9. The minimum absolute atomic E-state index is 0.154. The largest absolute Gasteiger partial charge is 0.465 e. The van der Waals surface area contributed by atoms with Gasteiger partial charge >= 0.3 is 5.97 Å². The maximum Gasteiger partial charge on any atom is 0.338 e. The second-order valence-corrected chi connectivity index (χ2v) is 15.8. The second-order valence-electron chi connectivity index (χ2n) is 10.2. The van der Waals surface area contributed by atoms with Crippen molar-refractivity contribution in [3.63, 3.8) is 0 Å². The molecule has 182 valence electrons. The van der Waals surface area contributed by atoms with E-state index in [1.54, 1.807) is 6.20 Å². The molecular weight excluding hydrogens is 446 g/mol. The summed E-state index contributed by atoms with van der Waals surface area (Å²) < 4.78 is 12.7. The van der Waals surface area contributed by atoms with Crippen LogP contribution in [-0.2, 0) is 16.0 Å². The van der Waals surface area contributed by atoms with Crippen LogP contribution in [0.5, 0.6) is 0 Å². The van der Waals surface area contributed by atoms with Gasteiger partial charge in [0.15, 0.2) is 0 Å². The highest BCUT2D eigenvalue weighted by Crippen LogP contribution is 2.31. The summed E-state index contributed by atoms with van der Waals surface area (Å²) in [6.45, 7) is 12.1. The number of hydrogen-bond acceptors (Lipinski definition) is 7. The van der Waals surface area contributed by atoms with Crippen molar-refractivity contribution in [3.8, 4) is 11.4 Å². The first kappa shape index (κ1) is 24.3. The molecule has 34 heavy (non-hydrogen) atoms. The highest BCUT2D eigenvalue weighted by molar-refractivity contribution is 6.76. The van der Waals surface area contributed by atoms with Gasteiger partial charge in [-0.05, 0) is 31.5 Å². The first-order chi connectivity index (χ1) is 16.3. The number of rotatable bonds is 8. The molecule has 4 heterocycles. The standard InChI is InChI=1S/C25H35N5O3Si/c1-18-17-33-14-13-29(18)22-16-20(25(31)32-2)19-8-10-26-24(23(19)28-22)21-9-11-27-30(21)12-6-7-15-34(3,4)5/h8-11,16,18H,6-7,12-15,17H2,1-5H3/t18-/m1/s1. The van der Waals surface area contributed by atoms with Crippen LogP contribution in [-0.4, -0.2) is 66.7 Å². The maximum absolute atomic E-state index is 12.7. The summed E-state index contributed by atoms with van der Waals surface area (Å²) in [4.78, 5) is 24.6. The molecule has 0 aliphatic carbocycles. The van der Waals surface area contributed by atoms with Crippen molar-refractivity contribution in [2.24, 2.45) is 0 Å². The zero-order valence-corrected chi connectivity index (χ0v) is 21.9. The minimum atomic E-state index is -1.05. The van der Waals surface area contributed by atoms with Crippen molar-refractivity contribution in [1.82, 2.24) is 19.7 Å². The third-order valence-corrected chi connectivity index (χ3v) is 8.14. The number of unbranched alkanes of at least 4 members (excludes halogenated alkanes) is 1. The molecule has 1 fully saturated rings. The molecule has 0 saturated carbocycles. The summed E-state index contributed by atoms with van der Waals surface area (Å²) in [6.07, 6.45) is 5.80. The van der Waals surface area contributed by atoms with Gasteiger partial charge in [-0.1, -0.05) is 32.1 Å². The van der Waals surface area contributed by atoms with E-state index in [4.69, 9.17) is 19.4 Å². The number of fused-ring (bicyclic) bond motifs is 1. The van der Waals surface area contributed by atoms with Crippen LogP contribution in [0.2, 0.25) is 25.7 Å². The van der Waals surface area contributed by atoms with E-state index in [9.17, 15) is 4.79 Å². The van der Waals surface area contributed by atoms with Crippen molar-refractivity contribution < 1.29 is 14.3 Å². The Balaban J connectivity index is 1.75. The van der Waals surface area contributed by atoms with Crippen molar-refractivity contribution in [2.45, 2.75) is 58.0 Å². The normalized spacial score (nSPS) is 16.7. The van der Waals surface area contributed by atoms with Gasteiger partial charge in [0.25, 0.3) is 0 Å². The summed E-state index contributed by atoms with van der Waals surface area (Å²) >= 11 is 0. The average Bonchev–Trinajstić information content (AvgIpc) is 3.28. The molecule has 3 aromatic heterocycles. The van der Waals surface area contributed by atoms with Crippen molar-refractivity contribution in [1.29, 1.82) is 0 Å². The van der Waals surface area contributed by atoms with Gasteiger partial charge in [-0.3, -0.25) is 9.67 Å². The lowest BCUT2D eigenvalue weighted by molar-refractivity contribution is 0.0603. The molecule has 1 atom stereocenters. The molecule has 0 amide bonds. The monoisotopic (exact) mass is 481 g/mol. The highest BCUT2D eigenvalue weighted by Gasteiger charge is 2.25. The van der Waals surface area contributed by atoms with E-state index in [1.807, 2.05) is 29.1 Å². The predicted molar refractivity (Wildman–Crippen MR) is 137 cm³/mol. The molecule has 0 radical (unpaired) electrons. The van der Waals surface area contributed by atoms with Gasteiger partial charge in [-0.25, -0.2) is 9.78 Å². The number of hydrogen-bond donors (Lipinski definition) is 0. The summed E-state index contributed by atoms with van der Waals surface area (Å²) in [6, 6.07) is 7.10. The van der Waals surface area contributed by atoms with Crippen LogP contribution in [0.1, 0.15) is 30.1 Å². The van der Waals surface area contributed by atoms with Crippen molar-refractivity contribution in [2.75, 3.05) is 31.8 Å². The van der Waals surface area contributed by atoms with Crippen LogP contribution in [0.25, 0.3) is 22.3 Å². The molecular formula is C25H35N5O3Si. The van der Waals surface area contributed by atoms with Crippen LogP contribution in [0.3, 0.4) is 0 Å². The fourth-order valence-corrected chi connectivity index (χ4v) is 5.76. The minimum Gasteiger partial charge on any atom is -0.465 e. The summed E-state index contributed by atoms with van der Waals surface area (Å²) in [5.41, 5.74) is 2.82. The third kappa shape index (κ3) is 5.31. The van der Waals surface area contributed by atoms with Gasteiger partial charge in [-0.2, -0.15) is 5.10 Å². The van der Waals surface area contributed by atoms with E-state index < -0.39 is 8.07 Å². The lowest BCUT2D eigenvalue weighted by Gasteiger charge is -2.34. The molecule has 1 saturated heterocycles. The Kier molecular flexibility index (Phi) is 7.32. The number of ether oxygens (including phenoxy) is 2. The average molecular weight is 482 g/mol. The number of pyridine rings is 2. The van der Waals surface area contributed by atoms with E-state index in [2.05, 4.69) is 36.6 Å². The van der Waals surface area contributed by atoms with E-state index in [0.29, 0.717) is 30.8 Å². The van der Waals surface area contributed by atoms with Crippen LogP contribution in [0.15, 0.2) is 30.6 Å². The van der Waals surface area contributed by atoms with Gasteiger partial charge in [-0.15, -0.1) is 0 Å². The summed E-state index contributed by atoms with van der Waals surface area (Å²) in [7, 11) is 0.354. The zero-order chi connectivity index (χ0) is 24.3. The Hall–Kier alpha value is -2.78. The third-order valence-electron chi connectivity index (χ3n) is 6.29. The smallest absolute Gasteiger partial charge is 0.338 e. The van der Waals surface area contributed by atoms with E-state index in [-0.39, 0.29) is 12.0 Å². The summed E-state index contributed by atoms with van der Waals surface area (Å²) in [5, 5.41) is 5.30. The van der Waals surface area contributed by atoms with Crippen LogP contribution < -0.4 is 4.90 Å². The molecule has 4 rings (SSSR count). The number of carbonyl (C=O) groups is 1. The number of aryl methyl sites for hydroxylation is 1. The van der Waals surface area contributed by atoms with E-state index in [1.165, 1.54) is 19.6 Å². The number of carbonyl (C=O) groups excluding carboxylic acids is 1. The van der Waals surface area contributed by atoms with Gasteiger partial charge in [0.05, 0.1) is 37.6 Å². The Labute approximate surface area is 202 Å². The number of aromatic nitrogens is 4. The molecule has 0 aromatic carbocycles. The number of nitrogens with zero attached hydrogens (tertiary/aromatic N) is 5. The molecule has 1 aliphatic rings. The molecule has 0 N–H and O–H groups in total. The Bertz CT molecular complexity index is 1160. The topological polar surface area (TPSA) is 82.4 Å². The number of anilines is 1. The first-order valence-corrected chi connectivity index (χ1v) is 15.7. The molecule has 8 nitrogen and oxygen atoms in total.